The minimum atomic E-state index is -0.264. The summed E-state index contributed by atoms with van der Waals surface area (Å²) in [5, 5.41) is 0. The van der Waals surface area contributed by atoms with Gasteiger partial charge in [0.25, 0.3) is 0 Å². The fraction of sp³-hybridized carbons (Fsp3) is 0.533. The molecule has 0 aromatic heterocycles. The number of ether oxygens (including phenoxy) is 1. The molecule has 1 aliphatic carbocycles. The first kappa shape index (κ1) is 14.4. The molecule has 4 heteroatoms. The van der Waals surface area contributed by atoms with Crippen LogP contribution in [0.25, 0.3) is 0 Å². The third-order valence-electron chi connectivity index (χ3n) is 3.67. The second kappa shape index (κ2) is 4.82. The van der Waals surface area contributed by atoms with E-state index in [1.165, 1.54) is 18.3 Å². The zero-order valence-corrected chi connectivity index (χ0v) is 13.5. The van der Waals surface area contributed by atoms with Crippen molar-refractivity contribution in [2.45, 2.75) is 37.1 Å². The van der Waals surface area contributed by atoms with Crippen LogP contribution in [0.15, 0.2) is 35.5 Å². The molecule has 1 atom stereocenters. The number of fused-ring (bicyclic) bond motifs is 1. The average molecular weight is 326 g/mol. The summed E-state index contributed by atoms with van der Waals surface area (Å²) in [6.45, 7) is 6.86. The highest BCUT2D eigenvalue weighted by Gasteiger charge is 2.38. The third-order valence-corrected chi connectivity index (χ3v) is 4.16. The number of hydrogen-bond acceptors (Lipinski definition) is 2. The van der Waals surface area contributed by atoms with E-state index in [9.17, 15) is 4.79 Å². The van der Waals surface area contributed by atoms with E-state index in [1.807, 2.05) is 6.08 Å². The van der Waals surface area contributed by atoms with Gasteiger partial charge in [0.1, 0.15) is 0 Å². The summed E-state index contributed by atoms with van der Waals surface area (Å²) in [7, 11) is 1.43. The number of rotatable bonds is 0. The van der Waals surface area contributed by atoms with E-state index in [0.717, 1.165) is 6.42 Å². The normalized spacial score (nSPS) is 29.0. The number of carbonyl (C=O) groups excluding carboxylic acids is 1. The van der Waals surface area contributed by atoms with Crippen LogP contribution in [0, 0.1) is 0 Å². The van der Waals surface area contributed by atoms with Gasteiger partial charge in [0.15, 0.2) is 0 Å². The van der Waals surface area contributed by atoms with Crippen LogP contribution in [-0.4, -0.2) is 34.5 Å². The van der Waals surface area contributed by atoms with Gasteiger partial charge in [-0.05, 0) is 38.3 Å². The number of piperidine rings is 1. The number of likely N-dealkylation sites (tertiary alicyclic amines) is 1. The molecule has 0 N–H and O–H groups in total. The smallest absolute Gasteiger partial charge is 0.410 e. The van der Waals surface area contributed by atoms with E-state index < -0.39 is 0 Å². The van der Waals surface area contributed by atoms with Crippen molar-refractivity contribution in [2.75, 3.05) is 13.7 Å². The van der Waals surface area contributed by atoms with Gasteiger partial charge in [-0.1, -0.05) is 40.2 Å². The molecular weight excluding hydrogens is 306 g/mol. The van der Waals surface area contributed by atoms with E-state index >= 15 is 0 Å². The highest BCUT2D eigenvalue weighted by Crippen LogP contribution is 2.38. The van der Waals surface area contributed by atoms with Gasteiger partial charge in [-0.25, -0.2) is 4.79 Å². The third kappa shape index (κ3) is 2.94. The Bertz CT molecular complexity index is 486. The summed E-state index contributed by atoms with van der Waals surface area (Å²) in [5.41, 5.74) is 2.25. The minimum Gasteiger partial charge on any atom is -0.453 e. The highest BCUT2D eigenvalue weighted by molar-refractivity contribution is 9.10. The molecule has 1 amide bonds. The molecule has 3 nitrogen and oxygen atoms in total. The number of carbonyl (C=O) groups is 1. The number of allylic oxidation sites excluding steroid dienone is 4. The second-order valence-electron chi connectivity index (χ2n) is 5.92. The fourth-order valence-electron chi connectivity index (χ4n) is 2.63. The van der Waals surface area contributed by atoms with E-state index in [4.69, 9.17) is 4.74 Å². The van der Waals surface area contributed by atoms with Gasteiger partial charge >= 0.3 is 6.09 Å². The molecule has 1 fully saturated rings. The lowest BCUT2D eigenvalue weighted by Gasteiger charge is -2.43. The van der Waals surface area contributed by atoms with Crippen LogP contribution in [0.1, 0.15) is 27.2 Å². The number of hydrogen-bond donors (Lipinski definition) is 0. The number of halogens is 1. The number of nitrogens with zero attached hydrogens (tertiary/aromatic N) is 1. The van der Waals surface area contributed by atoms with Gasteiger partial charge < -0.3 is 4.74 Å². The molecule has 19 heavy (non-hydrogen) atoms. The Labute approximate surface area is 123 Å². The van der Waals surface area contributed by atoms with Crippen molar-refractivity contribution in [3.05, 3.63) is 35.5 Å². The number of methoxy groups -OCH3 is 1. The molecule has 1 saturated heterocycles. The Morgan fingerprint density at radius 2 is 2.05 bits per heavy atom. The van der Waals surface area contributed by atoms with Crippen molar-refractivity contribution in [2.24, 2.45) is 0 Å². The van der Waals surface area contributed by atoms with Crippen LogP contribution in [-0.2, 0) is 4.74 Å². The molecule has 0 aromatic carbocycles. The monoisotopic (exact) mass is 325 g/mol. The van der Waals surface area contributed by atoms with Gasteiger partial charge in [-0.2, -0.15) is 0 Å². The van der Waals surface area contributed by atoms with E-state index in [0.29, 0.717) is 6.54 Å². The van der Waals surface area contributed by atoms with Crippen LogP contribution in [0.4, 0.5) is 4.79 Å². The van der Waals surface area contributed by atoms with Crippen LogP contribution in [0.5, 0.6) is 0 Å². The molecule has 104 valence electrons. The summed E-state index contributed by atoms with van der Waals surface area (Å²) < 4.78 is 4.77. The van der Waals surface area contributed by atoms with E-state index in [2.05, 4.69) is 54.9 Å². The SMILES string of the molecule is COC(=O)N1CC2=CC=CC(C)(Br)C=C2CC1(C)C. The second-order valence-corrected chi connectivity index (χ2v) is 7.63. The molecule has 0 radical (unpaired) electrons. The minimum absolute atomic E-state index is 0.121. The maximum atomic E-state index is 11.9. The van der Waals surface area contributed by atoms with E-state index in [-0.39, 0.29) is 16.0 Å². The lowest BCUT2D eigenvalue weighted by Crippen LogP contribution is -2.52. The first-order valence-corrected chi connectivity index (χ1v) is 7.19. The zero-order valence-electron chi connectivity index (χ0n) is 11.9. The van der Waals surface area contributed by atoms with Gasteiger partial charge in [0.05, 0.1) is 11.4 Å². The molecule has 1 heterocycles. The number of alkyl halides is 1. The largest absolute Gasteiger partial charge is 0.453 e. The Morgan fingerprint density at radius 3 is 2.68 bits per heavy atom. The Balaban J connectivity index is 2.37. The summed E-state index contributed by atoms with van der Waals surface area (Å²) in [4.78, 5) is 13.7. The predicted octanol–water partition coefficient (Wildman–Crippen LogP) is 3.81. The van der Waals surface area contributed by atoms with E-state index in [1.54, 1.807) is 4.90 Å². The molecule has 0 saturated carbocycles. The molecular formula is C15H20BrNO2. The quantitative estimate of drug-likeness (QED) is 0.634. The average Bonchev–Trinajstić information content (AvgIpc) is 2.42. The lowest BCUT2D eigenvalue weighted by atomic mass is 9.83. The van der Waals surface area contributed by atoms with Crippen molar-refractivity contribution >= 4 is 22.0 Å². The standard InChI is InChI=1S/C15H20BrNO2/c1-14(2)8-12-9-15(3,16)7-5-6-11(12)10-17(14)13(18)19-4/h5-7,9H,8,10H2,1-4H3. The van der Waals surface area contributed by atoms with Crippen molar-refractivity contribution in [1.82, 2.24) is 4.90 Å². The van der Waals surface area contributed by atoms with Crippen molar-refractivity contribution in [3.8, 4) is 0 Å². The van der Waals surface area contributed by atoms with Crippen molar-refractivity contribution < 1.29 is 9.53 Å². The van der Waals surface area contributed by atoms with Crippen LogP contribution < -0.4 is 0 Å². The molecule has 1 aliphatic heterocycles. The highest BCUT2D eigenvalue weighted by atomic mass is 79.9. The maximum Gasteiger partial charge on any atom is 0.410 e. The lowest BCUT2D eigenvalue weighted by molar-refractivity contribution is 0.0766. The Morgan fingerprint density at radius 1 is 1.37 bits per heavy atom. The summed E-state index contributed by atoms with van der Waals surface area (Å²) in [6.07, 6.45) is 9.04. The summed E-state index contributed by atoms with van der Waals surface area (Å²) in [5.74, 6) is 0. The number of amides is 1. The van der Waals surface area contributed by atoms with Crippen molar-refractivity contribution in [3.63, 3.8) is 0 Å². The van der Waals surface area contributed by atoms with Gasteiger partial charge in [0, 0.05) is 12.1 Å². The first-order chi connectivity index (χ1) is 8.75. The molecule has 0 bridgehead atoms. The van der Waals surface area contributed by atoms with Crippen molar-refractivity contribution in [1.29, 1.82) is 0 Å². The Hall–Kier alpha value is -1.03. The van der Waals surface area contributed by atoms with Gasteiger partial charge in [-0.15, -0.1) is 0 Å². The molecule has 0 spiro atoms. The van der Waals surface area contributed by atoms with Crippen LogP contribution in [0.3, 0.4) is 0 Å². The molecule has 2 aliphatic rings. The van der Waals surface area contributed by atoms with Gasteiger partial charge in [0.2, 0.25) is 0 Å². The molecule has 2 rings (SSSR count). The molecule has 0 aromatic rings. The van der Waals surface area contributed by atoms with Crippen LogP contribution >= 0.6 is 15.9 Å². The van der Waals surface area contributed by atoms with Gasteiger partial charge in [-0.3, -0.25) is 4.90 Å². The molecule has 1 unspecified atom stereocenters. The Kier molecular flexibility index (Phi) is 3.65. The zero-order chi connectivity index (χ0) is 14.3. The summed E-state index contributed by atoms with van der Waals surface area (Å²) in [6, 6.07) is 0. The first-order valence-electron chi connectivity index (χ1n) is 6.40. The summed E-state index contributed by atoms with van der Waals surface area (Å²) >= 11 is 3.70. The van der Waals surface area contributed by atoms with Crippen LogP contribution in [0.2, 0.25) is 0 Å². The fourth-order valence-corrected chi connectivity index (χ4v) is 3.06. The maximum absolute atomic E-state index is 11.9. The topological polar surface area (TPSA) is 29.5 Å². The predicted molar refractivity (Wildman–Crippen MR) is 80.4 cm³/mol.